The molecule has 0 aliphatic heterocycles. The molecule has 0 saturated heterocycles. The maximum absolute atomic E-state index is 2.46. The summed E-state index contributed by atoms with van der Waals surface area (Å²) in [5, 5.41) is 0. The van der Waals surface area contributed by atoms with Gasteiger partial charge < -0.3 is 0 Å². The lowest BCUT2D eigenvalue weighted by atomic mass is 9.99. The number of hydrogen-bond acceptors (Lipinski definition) is 1. The molecule has 1 nitrogen and oxygen atoms in total. The zero-order valence-corrected chi connectivity index (χ0v) is 10.7. The molecular formula is C14H23N. The Hall–Kier alpha value is -0.820. The summed E-state index contributed by atoms with van der Waals surface area (Å²) in [4.78, 5) is 2.46. The molecule has 0 aliphatic carbocycles. The number of rotatable bonds is 4. The van der Waals surface area contributed by atoms with Crippen LogP contribution in [0.4, 0.5) is 0 Å². The first kappa shape index (κ1) is 12.3. The van der Waals surface area contributed by atoms with Crippen LogP contribution in [0.25, 0.3) is 0 Å². The highest BCUT2D eigenvalue weighted by atomic mass is 15.1. The molecule has 1 aromatic rings. The summed E-state index contributed by atoms with van der Waals surface area (Å²) in [6.07, 6.45) is 0. The van der Waals surface area contributed by atoms with Crippen molar-refractivity contribution in [2.24, 2.45) is 0 Å². The first-order valence-electron chi connectivity index (χ1n) is 5.87. The quantitative estimate of drug-likeness (QED) is 0.727. The standard InChI is InChI=1S/C14H23N/c1-6-15(7-2)10-14-12(4)8-11(3)9-13(14)5/h8-9H,6-7,10H2,1-5H3. The topological polar surface area (TPSA) is 3.24 Å². The highest BCUT2D eigenvalue weighted by Gasteiger charge is 2.07. The molecule has 0 amide bonds. The van der Waals surface area contributed by atoms with Crippen molar-refractivity contribution in [3.63, 3.8) is 0 Å². The Bertz CT molecular complexity index is 301. The average molecular weight is 205 g/mol. The molecule has 0 aromatic heterocycles. The average Bonchev–Trinajstić information content (AvgIpc) is 2.17. The van der Waals surface area contributed by atoms with Crippen LogP contribution in [0.5, 0.6) is 0 Å². The van der Waals surface area contributed by atoms with E-state index in [1.807, 2.05) is 0 Å². The molecule has 0 radical (unpaired) electrons. The minimum absolute atomic E-state index is 1.09. The summed E-state index contributed by atoms with van der Waals surface area (Å²) in [5.41, 5.74) is 5.73. The van der Waals surface area contributed by atoms with Gasteiger partial charge in [-0.15, -0.1) is 0 Å². The number of nitrogens with zero attached hydrogens (tertiary/aromatic N) is 1. The Labute approximate surface area is 94.1 Å². The van der Waals surface area contributed by atoms with Crippen molar-refractivity contribution >= 4 is 0 Å². The molecule has 84 valence electrons. The van der Waals surface area contributed by atoms with E-state index in [2.05, 4.69) is 51.7 Å². The van der Waals surface area contributed by atoms with E-state index in [4.69, 9.17) is 0 Å². The molecule has 0 saturated carbocycles. The smallest absolute Gasteiger partial charge is 0.0238 e. The minimum Gasteiger partial charge on any atom is -0.300 e. The Morgan fingerprint density at radius 2 is 1.40 bits per heavy atom. The predicted octanol–water partition coefficient (Wildman–Crippen LogP) is 3.45. The SMILES string of the molecule is CCN(CC)Cc1c(C)cc(C)cc1C. The molecule has 1 aromatic carbocycles. The van der Waals surface area contributed by atoms with E-state index in [-0.39, 0.29) is 0 Å². The fourth-order valence-electron chi connectivity index (χ4n) is 2.13. The largest absolute Gasteiger partial charge is 0.300 e. The van der Waals surface area contributed by atoms with Crippen LogP contribution in [0, 0.1) is 20.8 Å². The van der Waals surface area contributed by atoms with Gasteiger partial charge in [-0.25, -0.2) is 0 Å². The lowest BCUT2D eigenvalue weighted by molar-refractivity contribution is 0.294. The molecule has 0 spiro atoms. The molecule has 0 unspecified atom stereocenters. The van der Waals surface area contributed by atoms with Gasteiger partial charge in [-0.1, -0.05) is 31.5 Å². The third kappa shape index (κ3) is 3.07. The zero-order valence-electron chi connectivity index (χ0n) is 10.7. The van der Waals surface area contributed by atoms with Gasteiger partial charge in [-0.2, -0.15) is 0 Å². The van der Waals surface area contributed by atoms with E-state index >= 15 is 0 Å². The Morgan fingerprint density at radius 3 is 1.80 bits per heavy atom. The number of hydrogen-bond donors (Lipinski definition) is 0. The Balaban J connectivity index is 2.94. The van der Waals surface area contributed by atoms with E-state index in [1.54, 1.807) is 0 Å². The van der Waals surface area contributed by atoms with Gasteiger partial charge >= 0.3 is 0 Å². The van der Waals surface area contributed by atoms with Crippen molar-refractivity contribution in [3.05, 3.63) is 34.4 Å². The first-order valence-corrected chi connectivity index (χ1v) is 5.87. The van der Waals surface area contributed by atoms with Crippen molar-refractivity contribution in [1.82, 2.24) is 4.90 Å². The third-order valence-electron chi connectivity index (χ3n) is 3.12. The van der Waals surface area contributed by atoms with E-state index in [1.165, 1.54) is 22.3 Å². The van der Waals surface area contributed by atoms with Gasteiger partial charge in [0.15, 0.2) is 0 Å². The van der Waals surface area contributed by atoms with Crippen molar-refractivity contribution in [2.45, 2.75) is 41.2 Å². The van der Waals surface area contributed by atoms with Crippen LogP contribution in [-0.2, 0) is 6.54 Å². The van der Waals surface area contributed by atoms with Gasteiger partial charge in [-0.3, -0.25) is 4.90 Å². The van der Waals surface area contributed by atoms with Crippen LogP contribution in [0.15, 0.2) is 12.1 Å². The van der Waals surface area contributed by atoms with Gasteiger partial charge in [0.25, 0.3) is 0 Å². The van der Waals surface area contributed by atoms with E-state index in [9.17, 15) is 0 Å². The fraction of sp³-hybridized carbons (Fsp3) is 0.571. The summed E-state index contributed by atoms with van der Waals surface area (Å²) in [5.74, 6) is 0. The molecule has 0 atom stereocenters. The summed E-state index contributed by atoms with van der Waals surface area (Å²) in [6.45, 7) is 14.4. The molecule has 1 rings (SSSR count). The predicted molar refractivity (Wildman–Crippen MR) is 67.3 cm³/mol. The normalized spacial score (nSPS) is 11.1. The van der Waals surface area contributed by atoms with Crippen LogP contribution >= 0.6 is 0 Å². The van der Waals surface area contributed by atoms with Gasteiger partial charge in [0, 0.05) is 6.54 Å². The molecule has 0 bridgehead atoms. The van der Waals surface area contributed by atoms with Crippen LogP contribution < -0.4 is 0 Å². The maximum atomic E-state index is 2.46. The van der Waals surface area contributed by atoms with Crippen molar-refractivity contribution < 1.29 is 0 Å². The number of aryl methyl sites for hydroxylation is 3. The van der Waals surface area contributed by atoms with Crippen molar-refractivity contribution in [1.29, 1.82) is 0 Å². The van der Waals surface area contributed by atoms with Gasteiger partial charge in [0.05, 0.1) is 0 Å². The maximum Gasteiger partial charge on any atom is 0.0238 e. The van der Waals surface area contributed by atoms with E-state index < -0.39 is 0 Å². The molecule has 1 heteroatoms. The number of benzene rings is 1. The summed E-state index contributed by atoms with van der Waals surface area (Å²) >= 11 is 0. The van der Waals surface area contributed by atoms with Crippen LogP contribution in [0.2, 0.25) is 0 Å². The second-order valence-electron chi connectivity index (χ2n) is 4.34. The second-order valence-corrected chi connectivity index (χ2v) is 4.34. The molecule has 0 N–H and O–H groups in total. The summed E-state index contributed by atoms with van der Waals surface area (Å²) in [6, 6.07) is 4.57. The van der Waals surface area contributed by atoms with Crippen molar-refractivity contribution in [2.75, 3.05) is 13.1 Å². The van der Waals surface area contributed by atoms with Crippen LogP contribution in [0.3, 0.4) is 0 Å². The molecule has 0 fully saturated rings. The minimum atomic E-state index is 1.09. The Morgan fingerprint density at radius 1 is 0.933 bits per heavy atom. The highest BCUT2D eigenvalue weighted by Crippen LogP contribution is 2.18. The monoisotopic (exact) mass is 205 g/mol. The molecule has 15 heavy (non-hydrogen) atoms. The van der Waals surface area contributed by atoms with Crippen LogP contribution in [0.1, 0.15) is 36.1 Å². The van der Waals surface area contributed by atoms with Gasteiger partial charge in [0.1, 0.15) is 0 Å². The highest BCUT2D eigenvalue weighted by molar-refractivity contribution is 5.37. The molecule has 0 aliphatic rings. The van der Waals surface area contributed by atoms with Crippen LogP contribution in [-0.4, -0.2) is 18.0 Å². The summed E-state index contributed by atoms with van der Waals surface area (Å²) in [7, 11) is 0. The third-order valence-corrected chi connectivity index (χ3v) is 3.12. The van der Waals surface area contributed by atoms with Gasteiger partial charge in [0.2, 0.25) is 0 Å². The first-order chi connectivity index (χ1) is 7.08. The fourth-order valence-corrected chi connectivity index (χ4v) is 2.13. The molecule has 0 heterocycles. The van der Waals surface area contributed by atoms with Gasteiger partial charge in [-0.05, 0) is 50.6 Å². The van der Waals surface area contributed by atoms with E-state index in [0.29, 0.717) is 0 Å². The summed E-state index contributed by atoms with van der Waals surface area (Å²) < 4.78 is 0. The lowest BCUT2D eigenvalue weighted by Crippen LogP contribution is -2.23. The zero-order chi connectivity index (χ0) is 11.4. The molecular weight excluding hydrogens is 182 g/mol. The van der Waals surface area contributed by atoms with E-state index in [0.717, 1.165) is 19.6 Å². The second kappa shape index (κ2) is 5.32. The lowest BCUT2D eigenvalue weighted by Gasteiger charge is -2.21. The van der Waals surface area contributed by atoms with Crippen molar-refractivity contribution in [3.8, 4) is 0 Å². The Kier molecular flexibility index (Phi) is 4.34.